The summed E-state index contributed by atoms with van der Waals surface area (Å²) in [6, 6.07) is 14.3. The molecule has 0 aliphatic carbocycles. The molecule has 0 atom stereocenters. The molecule has 0 aliphatic rings. The van der Waals surface area contributed by atoms with Crippen molar-refractivity contribution in [3.63, 3.8) is 0 Å². The van der Waals surface area contributed by atoms with Gasteiger partial charge in [0.2, 0.25) is 5.91 Å². The van der Waals surface area contributed by atoms with E-state index in [0.29, 0.717) is 47.6 Å². The van der Waals surface area contributed by atoms with E-state index >= 15 is 0 Å². The van der Waals surface area contributed by atoms with Gasteiger partial charge < -0.3 is 15.4 Å². The standard InChI is InChI=1S/C22H28N2O3/c1-15(2)13-21(25)23-17-9-11-18(12-10-17)24-22(26)19-7-5-6-8-20(19)27-14-16(3)4/h5-12,15-16H,13-14H2,1-4H3,(H,23,25)(H,24,26). The van der Waals surface area contributed by atoms with Gasteiger partial charge in [-0.1, -0.05) is 39.8 Å². The zero-order chi connectivity index (χ0) is 19.8. The van der Waals surface area contributed by atoms with Crippen LogP contribution < -0.4 is 15.4 Å². The van der Waals surface area contributed by atoms with Gasteiger partial charge in [-0.15, -0.1) is 0 Å². The summed E-state index contributed by atoms with van der Waals surface area (Å²) in [5.74, 6) is 1.01. The van der Waals surface area contributed by atoms with Gasteiger partial charge in [-0.3, -0.25) is 9.59 Å². The van der Waals surface area contributed by atoms with Crippen LogP contribution in [-0.2, 0) is 4.79 Å². The largest absolute Gasteiger partial charge is 0.492 e. The molecule has 2 aromatic carbocycles. The normalized spacial score (nSPS) is 10.7. The molecule has 0 spiro atoms. The lowest BCUT2D eigenvalue weighted by molar-refractivity contribution is -0.116. The van der Waals surface area contributed by atoms with Crippen molar-refractivity contribution in [2.75, 3.05) is 17.2 Å². The second-order valence-electron chi connectivity index (χ2n) is 7.38. The molecule has 144 valence electrons. The molecule has 5 heteroatoms. The van der Waals surface area contributed by atoms with Crippen LogP contribution in [0.3, 0.4) is 0 Å². The number of carbonyl (C=O) groups is 2. The van der Waals surface area contributed by atoms with Crippen LogP contribution in [0.2, 0.25) is 0 Å². The quantitative estimate of drug-likeness (QED) is 0.692. The summed E-state index contributed by atoms with van der Waals surface area (Å²) in [7, 11) is 0. The minimum atomic E-state index is -0.231. The summed E-state index contributed by atoms with van der Waals surface area (Å²) in [5, 5.41) is 5.72. The monoisotopic (exact) mass is 368 g/mol. The molecule has 27 heavy (non-hydrogen) atoms. The topological polar surface area (TPSA) is 67.4 Å². The molecule has 0 radical (unpaired) electrons. The van der Waals surface area contributed by atoms with Crippen LogP contribution in [0.25, 0.3) is 0 Å². The van der Waals surface area contributed by atoms with Crippen molar-refractivity contribution < 1.29 is 14.3 Å². The average molecular weight is 368 g/mol. The Morgan fingerprint density at radius 3 is 2.04 bits per heavy atom. The lowest BCUT2D eigenvalue weighted by Gasteiger charge is -2.13. The van der Waals surface area contributed by atoms with E-state index in [1.54, 1.807) is 36.4 Å². The van der Waals surface area contributed by atoms with Crippen molar-refractivity contribution in [1.82, 2.24) is 0 Å². The lowest BCUT2D eigenvalue weighted by atomic mass is 10.1. The highest BCUT2D eigenvalue weighted by Crippen LogP contribution is 2.21. The number of para-hydroxylation sites is 1. The molecule has 2 aromatic rings. The minimum absolute atomic E-state index is 0.0157. The molecule has 2 amide bonds. The second-order valence-corrected chi connectivity index (χ2v) is 7.38. The molecular formula is C22H28N2O3. The van der Waals surface area contributed by atoms with Gasteiger partial charge in [0.1, 0.15) is 5.75 Å². The van der Waals surface area contributed by atoms with Crippen LogP contribution >= 0.6 is 0 Å². The molecule has 2 rings (SSSR count). The maximum absolute atomic E-state index is 12.6. The van der Waals surface area contributed by atoms with Crippen LogP contribution in [0.15, 0.2) is 48.5 Å². The predicted octanol–water partition coefficient (Wildman–Crippen LogP) is 4.96. The Morgan fingerprint density at radius 1 is 0.852 bits per heavy atom. The summed E-state index contributed by atoms with van der Waals surface area (Å²) in [6.45, 7) is 8.67. The first kappa shape index (κ1) is 20.5. The molecule has 0 unspecified atom stereocenters. The maximum atomic E-state index is 12.6. The van der Waals surface area contributed by atoms with Crippen molar-refractivity contribution in [3.8, 4) is 5.75 Å². The van der Waals surface area contributed by atoms with Gasteiger partial charge in [0.25, 0.3) is 5.91 Å². The van der Waals surface area contributed by atoms with Gasteiger partial charge in [-0.25, -0.2) is 0 Å². The van der Waals surface area contributed by atoms with Crippen molar-refractivity contribution in [1.29, 1.82) is 0 Å². The Kier molecular flexibility index (Phi) is 7.41. The average Bonchev–Trinajstić information content (AvgIpc) is 2.61. The van der Waals surface area contributed by atoms with Gasteiger partial charge in [0, 0.05) is 17.8 Å². The van der Waals surface area contributed by atoms with Gasteiger partial charge in [-0.05, 0) is 48.2 Å². The molecule has 0 aliphatic heterocycles. The summed E-state index contributed by atoms with van der Waals surface area (Å²) in [4.78, 5) is 24.4. The highest BCUT2D eigenvalue weighted by atomic mass is 16.5. The van der Waals surface area contributed by atoms with Crippen molar-refractivity contribution >= 4 is 23.2 Å². The zero-order valence-electron chi connectivity index (χ0n) is 16.4. The van der Waals surface area contributed by atoms with Gasteiger partial charge in [-0.2, -0.15) is 0 Å². The van der Waals surface area contributed by atoms with Crippen molar-refractivity contribution in [2.24, 2.45) is 11.8 Å². The third-order valence-electron chi connectivity index (χ3n) is 3.72. The van der Waals surface area contributed by atoms with E-state index in [1.807, 2.05) is 26.0 Å². The van der Waals surface area contributed by atoms with Crippen LogP contribution in [0.5, 0.6) is 5.75 Å². The SMILES string of the molecule is CC(C)COc1ccccc1C(=O)Nc1ccc(NC(=O)CC(C)C)cc1. The number of ether oxygens (including phenoxy) is 1. The first-order valence-corrected chi connectivity index (χ1v) is 9.28. The molecular weight excluding hydrogens is 340 g/mol. The minimum Gasteiger partial charge on any atom is -0.492 e. The van der Waals surface area contributed by atoms with Crippen molar-refractivity contribution in [3.05, 3.63) is 54.1 Å². The molecule has 0 saturated heterocycles. The number of carbonyl (C=O) groups excluding carboxylic acids is 2. The summed E-state index contributed by atoms with van der Waals surface area (Å²) < 4.78 is 5.74. The first-order chi connectivity index (χ1) is 12.8. The van der Waals surface area contributed by atoms with Crippen LogP contribution in [-0.4, -0.2) is 18.4 Å². The Hall–Kier alpha value is -2.82. The Balaban J connectivity index is 2.01. The second kappa shape index (κ2) is 9.76. The Labute approximate surface area is 161 Å². The summed E-state index contributed by atoms with van der Waals surface area (Å²) in [6.07, 6.45) is 0.478. The van der Waals surface area contributed by atoms with E-state index in [0.717, 1.165) is 0 Å². The number of anilines is 2. The molecule has 0 saturated carbocycles. The third-order valence-corrected chi connectivity index (χ3v) is 3.72. The fourth-order valence-electron chi connectivity index (χ4n) is 2.45. The number of hydrogen-bond acceptors (Lipinski definition) is 3. The zero-order valence-corrected chi connectivity index (χ0v) is 16.4. The van der Waals surface area contributed by atoms with E-state index in [2.05, 4.69) is 24.5 Å². The smallest absolute Gasteiger partial charge is 0.259 e. The van der Waals surface area contributed by atoms with Gasteiger partial charge in [0.15, 0.2) is 0 Å². The number of amides is 2. The summed E-state index contributed by atoms with van der Waals surface area (Å²) in [5.41, 5.74) is 1.85. The number of rotatable bonds is 8. The van der Waals surface area contributed by atoms with E-state index in [9.17, 15) is 9.59 Å². The van der Waals surface area contributed by atoms with Crippen LogP contribution in [0.4, 0.5) is 11.4 Å². The van der Waals surface area contributed by atoms with Crippen molar-refractivity contribution in [2.45, 2.75) is 34.1 Å². The highest BCUT2D eigenvalue weighted by Gasteiger charge is 2.13. The van der Waals surface area contributed by atoms with E-state index in [4.69, 9.17) is 4.74 Å². The summed E-state index contributed by atoms with van der Waals surface area (Å²) >= 11 is 0. The Bertz CT molecular complexity index is 767. The maximum Gasteiger partial charge on any atom is 0.259 e. The van der Waals surface area contributed by atoms with Crippen LogP contribution in [0.1, 0.15) is 44.5 Å². The molecule has 0 bridgehead atoms. The van der Waals surface area contributed by atoms with E-state index in [1.165, 1.54) is 0 Å². The van der Waals surface area contributed by atoms with Crippen LogP contribution in [0, 0.1) is 11.8 Å². The van der Waals surface area contributed by atoms with E-state index < -0.39 is 0 Å². The Morgan fingerprint density at radius 2 is 1.44 bits per heavy atom. The number of hydrogen-bond donors (Lipinski definition) is 2. The first-order valence-electron chi connectivity index (χ1n) is 9.28. The third kappa shape index (κ3) is 6.77. The molecule has 0 fully saturated rings. The molecule has 0 aromatic heterocycles. The number of nitrogens with one attached hydrogen (secondary N) is 2. The highest BCUT2D eigenvalue weighted by molar-refractivity contribution is 6.06. The predicted molar refractivity (Wildman–Crippen MR) is 109 cm³/mol. The fourth-order valence-corrected chi connectivity index (χ4v) is 2.45. The molecule has 5 nitrogen and oxygen atoms in total. The van der Waals surface area contributed by atoms with Gasteiger partial charge in [0.05, 0.1) is 12.2 Å². The molecule has 2 N–H and O–H groups in total. The molecule has 0 heterocycles. The van der Waals surface area contributed by atoms with E-state index in [-0.39, 0.29) is 11.8 Å². The lowest BCUT2D eigenvalue weighted by Crippen LogP contribution is -2.15. The number of benzene rings is 2. The fraction of sp³-hybridized carbons (Fsp3) is 0.364. The van der Waals surface area contributed by atoms with Gasteiger partial charge >= 0.3 is 0 Å².